The highest BCUT2D eigenvalue weighted by molar-refractivity contribution is 7.48. The van der Waals surface area contributed by atoms with Gasteiger partial charge in [0.15, 0.2) is 12.4 Å². The van der Waals surface area contributed by atoms with E-state index in [0.717, 1.165) is 0 Å². The molecule has 2 heterocycles. The maximum atomic E-state index is 13.2. The van der Waals surface area contributed by atoms with Crippen LogP contribution in [0.3, 0.4) is 0 Å². The summed E-state index contributed by atoms with van der Waals surface area (Å²) in [6, 6.07) is 13.4. The van der Waals surface area contributed by atoms with Gasteiger partial charge in [0.05, 0.1) is 51.8 Å². The standard InChI is InChI=1S/C36H45NO17P2/c1-2-46-15-16-47-17-18-48-19-20-50-56(44,45)52-24-51-55(42,43)49-14-6-4-3-5-13-37-34(40)25-7-10-28-31(21-25)36(54-35(28)41)29-11-8-26(38)22-32(29)53-33-23-27(39)9-12-30(33)36/h7-12,21-23,38-39H,2-6,13-20,24H2,1H3,(H,37,40)(H,42,43)(H,44,45). The molecule has 2 aliphatic rings. The fourth-order valence-corrected chi connectivity index (χ4v) is 7.20. The van der Waals surface area contributed by atoms with Gasteiger partial charge in [0.2, 0.25) is 0 Å². The molecule has 0 aromatic heterocycles. The summed E-state index contributed by atoms with van der Waals surface area (Å²) in [4.78, 5) is 45.9. The van der Waals surface area contributed by atoms with Gasteiger partial charge in [-0.1, -0.05) is 12.8 Å². The van der Waals surface area contributed by atoms with Gasteiger partial charge in [-0.05, 0) is 62.2 Å². The second kappa shape index (κ2) is 20.0. The van der Waals surface area contributed by atoms with Crippen molar-refractivity contribution in [1.82, 2.24) is 5.32 Å². The lowest BCUT2D eigenvalue weighted by atomic mass is 9.77. The molecule has 0 saturated heterocycles. The maximum Gasteiger partial charge on any atom is 0.474 e. The minimum Gasteiger partial charge on any atom is -0.508 e. The number of phenolic OH excluding ortho intramolecular Hbond substituents is 2. The monoisotopic (exact) mass is 825 g/mol. The summed E-state index contributed by atoms with van der Waals surface area (Å²) in [5.74, 6) is -0.723. The number of fused-ring (bicyclic) bond motifs is 6. The van der Waals surface area contributed by atoms with Gasteiger partial charge in [-0.2, -0.15) is 0 Å². The SMILES string of the molecule is CCOCCOCCOCCOP(=O)(O)OCOP(=O)(O)OCCCCCCNC(=O)c1ccc2c(c1)C1(OC2=O)c2ccc(O)cc2Oc2cc(O)ccc21. The summed E-state index contributed by atoms with van der Waals surface area (Å²) in [5, 5.41) is 23.1. The first-order valence-corrected chi connectivity index (χ1v) is 20.8. The molecule has 2 unspecified atom stereocenters. The van der Waals surface area contributed by atoms with Crippen molar-refractivity contribution in [3.05, 3.63) is 82.4 Å². The number of amides is 1. The quantitative estimate of drug-likeness (QED) is 0.0335. The van der Waals surface area contributed by atoms with Crippen LogP contribution in [0.4, 0.5) is 0 Å². The summed E-state index contributed by atoms with van der Waals surface area (Å²) in [5.41, 5.74) is 0.293. The number of ether oxygens (including phenoxy) is 5. The van der Waals surface area contributed by atoms with Gasteiger partial charge in [-0.25, -0.2) is 13.9 Å². The Balaban J connectivity index is 1.00. The van der Waals surface area contributed by atoms with Gasteiger partial charge in [-0.3, -0.25) is 22.9 Å². The molecule has 3 aromatic rings. The van der Waals surface area contributed by atoms with Crippen LogP contribution < -0.4 is 10.1 Å². The molecule has 56 heavy (non-hydrogen) atoms. The first-order chi connectivity index (χ1) is 26.8. The predicted molar refractivity (Wildman–Crippen MR) is 196 cm³/mol. The summed E-state index contributed by atoms with van der Waals surface area (Å²) >= 11 is 0. The van der Waals surface area contributed by atoms with Gasteiger partial charge in [0.25, 0.3) is 5.91 Å². The normalized spacial score (nSPS) is 15.9. The average Bonchev–Trinajstić information content (AvgIpc) is 3.44. The lowest BCUT2D eigenvalue weighted by Crippen LogP contribution is -2.33. The van der Waals surface area contributed by atoms with Crippen molar-refractivity contribution in [2.24, 2.45) is 0 Å². The number of benzene rings is 3. The number of carbonyl (C=O) groups excluding carboxylic acids is 2. The lowest BCUT2D eigenvalue weighted by Gasteiger charge is -2.36. The number of unbranched alkanes of at least 4 members (excludes halogenated alkanes) is 3. The maximum absolute atomic E-state index is 13.2. The summed E-state index contributed by atoms with van der Waals surface area (Å²) in [7, 11) is -9.16. The summed E-state index contributed by atoms with van der Waals surface area (Å²) < 4.78 is 70.4. The third-order valence-corrected chi connectivity index (χ3v) is 10.4. The molecule has 1 amide bonds. The first kappa shape index (κ1) is 43.2. The van der Waals surface area contributed by atoms with Crippen LogP contribution in [0.2, 0.25) is 0 Å². The van der Waals surface area contributed by atoms with E-state index >= 15 is 0 Å². The number of carbonyl (C=O) groups is 2. The number of rotatable bonds is 24. The number of aromatic hydroxyl groups is 2. The average molecular weight is 826 g/mol. The topological polar surface area (TPSA) is 244 Å². The molecule has 0 bridgehead atoms. The van der Waals surface area contributed by atoms with Crippen molar-refractivity contribution in [1.29, 1.82) is 0 Å². The van der Waals surface area contributed by atoms with Crippen molar-refractivity contribution < 1.29 is 80.5 Å². The molecule has 0 saturated carbocycles. The van der Waals surface area contributed by atoms with E-state index in [4.69, 9.17) is 32.7 Å². The highest BCUT2D eigenvalue weighted by atomic mass is 31.2. The van der Waals surface area contributed by atoms with E-state index in [0.29, 0.717) is 75.3 Å². The van der Waals surface area contributed by atoms with Gasteiger partial charge in [-0.15, -0.1) is 0 Å². The smallest absolute Gasteiger partial charge is 0.474 e. The number of phenols is 2. The van der Waals surface area contributed by atoms with Gasteiger partial charge in [0, 0.05) is 47.5 Å². The van der Waals surface area contributed by atoms with Crippen LogP contribution >= 0.6 is 15.6 Å². The molecule has 18 nitrogen and oxygen atoms in total. The molecule has 0 aliphatic carbocycles. The first-order valence-electron chi connectivity index (χ1n) is 17.8. The van der Waals surface area contributed by atoms with Crippen molar-refractivity contribution in [2.75, 3.05) is 66.2 Å². The van der Waals surface area contributed by atoms with Crippen molar-refractivity contribution in [3.8, 4) is 23.0 Å². The van der Waals surface area contributed by atoms with E-state index in [2.05, 4.69) is 14.4 Å². The Morgan fingerprint density at radius 2 is 1.27 bits per heavy atom. The van der Waals surface area contributed by atoms with Crippen LogP contribution in [0.25, 0.3) is 0 Å². The second-order valence-corrected chi connectivity index (χ2v) is 15.3. The van der Waals surface area contributed by atoms with Crippen molar-refractivity contribution in [3.63, 3.8) is 0 Å². The van der Waals surface area contributed by atoms with Crippen LogP contribution in [-0.4, -0.2) is 98.1 Å². The molecule has 2 aliphatic heterocycles. The van der Waals surface area contributed by atoms with E-state index in [1.807, 2.05) is 6.92 Å². The van der Waals surface area contributed by atoms with Gasteiger partial charge >= 0.3 is 21.6 Å². The third-order valence-electron chi connectivity index (χ3n) is 8.51. The molecule has 306 valence electrons. The minimum atomic E-state index is -4.58. The molecular formula is C36H45NO17P2. The summed E-state index contributed by atoms with van der Waals surface area (Å²) in [6.07, 6.45) is 2.18. The number of hydrogen-bond acceptors (Lipinski definition) is 15. The number of nitrogens with one attached hydrogen (secondary N) is 1. The van der Waals surface area contributed by atoms with E-state index in [-0.39, 0.29) is 60.6 Å². The van der Waals surface area contributed by atoms with Crippen molar-refractivity contribution >= 4 is 27.5 Å². The molecule has 0 radical (unpaired) electrons. The Bertz CT molecular complexity index is 1870. The number of hydrogen-bond donors (Lipinski definition) is 5. The Kier molecular flexibility index (Phi) is 15.4. The highest BCUT2D eigenvalue weighted by Crippen LogP contribution is 2.57. The zero-order valence-corrected chi connectivity index (χ0v) is 32.4. The minimum absolute atomic E-state index is 0.0183. The van der Waals surface area contributed by atoms with E-state index in [1.165, 1.54) is 36.4 Å². The molecule has 5 N–H and O–H groups in total. The van der Waals surface area contributed by atoms with Gasteiger partial charge in [0.1, 0.15) is 23.0 Å². The molecule has 3 aromatic carbocycles. The fourth-order valence-electron chi connectivity index (χ4n) is 5.93. The number of phosphoric ester groups is 2. The fraction of sp³-hybridized carbons (Fsp3) is 0.444. The molecule has 2 atom stereocenters. The van der Waals surface area contributed by atoms with Crippen molar-refractivity contribution in [2.45, 2.75) is 38.2 Å². The number of phosphoric acid groups is 2. The third kappa shape index (κ3) is 11.4. The van der Waals surface area contributed by atoms with Crippen LogP contribution in [0.5, 0.6) is 23.0 Å². The lowest BCUT2D eigenvalue weighted by molar-refractivity contribution is 0.00349. The molecular weight excluding hydrogens is 780 g/mol. The van der Waals surface area contributed by atoms with Crippen LogP contribution in [0.15, 0.2) is 54.6 Å². The Labute approximate surface area is 322 Å². The second-order valence-electron chi connectivity index (χ2n) is 12.4. The highest BCUT2D eigenvalue weighted by Gasteiger charge is 2.54. The Hall–Kier alpha value is -3.90. The van der Waals surface area contributed by atoms with E-state index in [1.54, 1.807) is 18.2 Å². The Morgan fingerprint density at radius 1 is 0.696 bits per heavy atom. The van der Waals surface area contributed by atoms with Crippen LogP contribution in [0.1, 0.15) is 70.0 Å². The van der Waals surface area contributed by atoms with E-state index in [9.17, 15) is 38.7 Å². The molecule has 20 heteroatoms. The Morgan fingerprint density at radius 3 is 1.89 bits per heavy atom. The number of esters is 1. The summed E-state index contributed by atoms with van der Waals surface area (Å²) in [6.45, 7) is 2.76. The van der Waals surface area contributed by atoms with E-state index < -0.39 is 39.9 Å². The van der Waals surface area contributed by atoms with Crippen LogP contribution in [-0.2, 0) is 51.8 Å². The molecule has 5 rings (SSSR count). The zero-order chi connectivity index (χ0) is 40.2. The largest absolute Gasteiger partial charge is 0.508 e. The predicted octanol–water partition coefficient (Wildman–Crippen LogP) is 5.25. The zero-order valence-electron chi connectivity index (χ0n) is 30.6. The molecule has 1 spiro atoms. The van der Waals surface area contributed by atoms with Crippen LogP contribution in [0, 0.1) is 0 Å². The molecule has 0 fully saturated rings. The van der Waals surface area contributed by atoms with Gasteiger partial charge < -0.3 is 49.0 Å².